The van der Waals surface area contributed by atoms with Gasteiger partial charge in [-0.15, -0.1) is 0 Å². The summed E-state index contributed by atoms with van der Waals surface area (Å²) >= 11 is 0. The zero-order valence-corrected chi connectivity index (χ0v) is 14.1. The number of carbonyl (C=O) groups excluding carboxylic acids is 1. The lowest BCUT2D eigenvalue weighted by Gasteiger charge is -2.20. The van der Waals surface area contributed by atoms with Crippen LogP contribution < -0.4 is 20.1 Å². The van der Waals surface area contributed by atoms with Gasteiger partial charge in [0.05, 0.1) is 23.1 Å². The van der Waals surface area contributed by atoms with E-state index in [9.17, 15) is 9.90 Å². The standard InChI is InChI=1S/C18H20N4O4/c23-10-14(19-8-11-4-5-11)16-13(9-20-22-16)21-18(24)12-2-1-3-15-17(12)26-7-6-25-15/h1-3,9-11,19,23H,4-8H2,(H,20,22)(H,21,24)/b14-10-. The van der Waals surface area contributed by atoms with Crippen molar-refractivity contribution >= 4 is 17.3 Å². The lowest BCUT2D eigenvalue weighted by molar-refractivity contribution is 0.101. The molecule has 0 bridgehead atoms. The fraction of sp³-hybridized carbons (Fsp3) is 0.333. The van der Waals surface area contributed by atoms with Gasteiger partial charge >= 0.3 is 0 Å². The Morgan fingerprint density at radius 3 is 3.00 bits per heavy atom. The molecule has 0 atom stereocenters. The average molecular weight is 356 g/mol. The van der Waals surface area contributed by atoms with Gasteiger partial charge in [0.1, 0.15) is 25.2 Å². The first kappa shape index (κ1) is 16.3. The van der Waals surface area contributed by atoms with Crippen LogP contribution in [0.15, 0.2) is 30.7 Å². The summed E-state index contributed by atoms with van der Waals surface area (Å²) in [6, 6.07) is 5.19. The van der Waals surface area contributed by atoms with E-state index >= 15 is 0 Å². The van der Waals surface area contributed by atoms with Gasteiger partial charge in [-0.25, -0.2) is 0 Å². The Morgan fingerprint density at radius 1 is 1.35 bits per heavy atom. The van der Waals surface area contributed by atoms with E-state index in [1.807, 2.05) is 0 Å². The second-order valence-corrected chi connectivity index (χ2v) is 6.31. The van der Waals surface area contributed by atoms with Crippen LogP contribution in [0.2, 0.25) is 0 Å². The maximum Gasteiger partial charge on any atom is 0.259 e. The number of nitrogens with zero attached hydrogens (tertiary/aromatic N) is 1. The van der Waals surface area contributed by atoms with Crippen molar-refractivity contribution in [2.75, 3.05) is 25.1 Å². The zero-order valence-electron chi connectivity index (χ0n) is 14.1. The van der Waals surface area contributed by atoms with Gasteiger partial charge in [-0.1, -0.05) is 6.07 Å². The molecule has 2 heterocycles. The largest absolute Gasteiger partial charge is 0.513 e. The molecule has 1 aliphatic heterocycles. The molecule has 4 N–H and O–H groups in total. The molecule has 8 nitrogen and oxygen atoms in total. The second-order valence-electron chi connectivity index (χ2n) is 6.31. The molecule has 0 saturated heterocycles. The fourth-order valence-corrected chi connectivity index (χ4v) is 2.80. The van der Waals surface area contributed by atoms with Gasteiger partial charge in [0, 0.05) is 6.54 Å². The summed E-state index contributed by atoms with van der Waals surface area (Å²) in [6.07, 6.45) is 4.87. The topological polar surface area (TPSA) is 109 Å². The summed E-state index contributed by atoms with van der Waals surface area (Å²) in [7, 11) is 0. The molecule has 0 radical (unpaired) electrons. The van der Waals surface area contributed by atoms with E-state index in [0.29, 0.717) is 53.3 Å². The van der Waals surface area contributed by atoms with E-state index in [4.69, 9.17) is 9.47 Å². The Labute approximate surface area is 150 Å². The molecule has 1 amide bonds. The maximum absolute atomic E-state index is 12.7. The first-order valence-corrected chi connectivity index (χ1v) is 8.58. The maximum atomic E-state index is 12.7. The molecule has 2 aromatic rings. The Bertz CT molecular complexity index is 841. The molecule has 4 rings (SSSR count). The molecule has 26 heavy (non-hydrogen) atoms. The number of nitrogens with one attached hydrogen (secondary N) is 3. The Kier molecular flexibility index (Phi) is 4.39. The van der Waals surface area contributed by atoms with Crippen LogP contribution in [0.25, 0.3) is 5.70 Å². The molecular weight excluding hydrogens is 336 g/mol. The molecule has 0 unspecified atom stereocenters. The summed E-state index contributed by atoms with van der Waals surface area (Å²) < 4.78 is 11.1. The van der Waals surface area contributed by atoms with E-state index in [2.05, 4.69) is 20.8 Å². The van der Waals surface area contributed by atoms with Gasteiger partial charge in [-0.3, -0.25) is 9.89 Å². The molecule has 2 aliphatic rings. The highest BCUT2D eigenvalue weighted by atomic mass is 16.6. The molecule has 1 aromatic heterocycles. The number of aromatic amines is 1. The number of benzene rings is 1. The molecule has 136 valence electrons. The summed E-state index contributed by atoms with van der Waals surface area (Å²) in [5.41, 5.74) is 1.85. The predicted octanol–water partition coefficient (Wildman–Crippen LogP) is 2.29. The van der Waals surface area contributed by atoms with E-state index in [1.165, 1.54) is 19.0 Å². The smallest absolute Gasteiger partial charge is 0.259 e. The van der Waals surface area contributed by atoms with E-state index in [1.54, 1.807) is 18.2 Å². The van der Waals surface area contributed by atoms with Gasteiger partial charge < -0.3 is 25.2 Å². The second kappa shape index (κ2) is 6.99. The summed E-state index contributed by atoms with van der Waals surface area (Å²) in [4.78, 5) is 12.7. The Hall–Kier alpha value is -3.16. The average Bonchev–Trinajstić information content (AvgIpc) is 3.40. The Balaban J connectivity index is 1.53. The van der Waals surface area contributed by atoms with Crippen LogP contribution in [0.3, 0.4) is 0 Å². The predicted molar refractivity (Wildman–Crippen MR) is 95.3 cm³/mol. The molecule has 1 aromatic carbocycles. The van der Waals surface area contributed by atoms with Gasteiger partial charge in [0.2, 0.25) is 0 Å². The van der Waals surface area contributed by atoms with Crippen LogP contribution in [0.5, 0.6) is 11.5 Å². The van der Waals surface area contributed by atoms with Crippen molar-refractivity contribution in [1.29, 1.82) is 0 Å². The first-order chi connectivity index (χ1) is 12.8. The third-order valence-electron chi connectivity index (χ3n) is 4.37. The molecule has 0 spiro atoms. The van der Waals surface area contributed by atoms with Gasteiger partial charge in [-0.05, 0) is 30.9 Å². The lowest BCUT2D eigenvalue weighted by Crippen LogP contribution is -2.21. The van der Waals surface area contributed by atoms with Crippen LogP contribution in [0, 0.1) is 5.92 Å². The van der Waals surface area contributed by atoms with Crippen molar-refractivity contribution in [3.05, 3.63) is 41.9 Å². The minimum atomic E-state index is -0.338. The minimum absolute atomic E-state index is 0.338. The number of ether oxygens (including phenoxy) is 2. The van der Waals surface area contributed by atoms with E-state index in [-0.39, 0.29) is 5.91 Å². The van der Waals surface area contributed by atoms with Crippen LogP contribution in [0.4, 0.5) is 5.69 Å². The van der Waals surface area contributed by atoms with Crippen molar-refractivity contribution in [3.8, 4) is 11.5 Å². The van der Waals surface area contributed by atoms with E-state index in [0.717, 1.165) is 12.8 Å². The number of carbonyl (C=O) groups is 1. The number of H-pyrrole nitrogens is 1. The van der Waals surface area contributed by atoms with Gasteiger partial charge in [0.25, 0.3) is 5.91 Å². The summed E-state index contributed by atoms with van der Waals surface area (Å²) in [6.45, 7) is 1.63. The normalized spacial score (nSPS) is 16.2. The highest BCUT2D eigenvalue weighted by Gasteiger charge is 2.24. The molecule has 8 heteroatoms. The lowest BCUT2D eigenvalue weighted by atomic mass is 10.1. The van der Waals surface area contributed by atoms with Crippen molar-refractivity contribution in [1.82, 2.24) is 15.5 Å². The van der Waals surface area contributed by atoms with E-state index < -0.39 is 0 Å². The highest BCUT2D eigenvalue weighted by molar-refractivity contribution is 6.07. The van der Waals surface area contributed by atoms with Crippen LogP contribution in [-0.2, 0) is 0 Å². The van der Waals surface area contributed by atoms with Gasteiger partial charge in [-0.2, -0.15) is 5.10 Å². The highest BCUT2D eigenvalue weighted by Crippen LogP contribution is 2.34. The number of amides is 1. The van der Waals surface area contributed by atoms with Crippen molar-refractivity contribution < 1.29 is 19.4 Å². The van der Waals surface area contributed by atoms with Crippen LogP contribution >= 0.6 is 0 Å². The number of aliphatic hydroxyl groups excluding tert-OH is 1. The van der Waals surface area contributed by atoms with Crippen LogP contribution in [-0.4, -0.2) is 41.0 Å². The molecule has 1 saturated carbocycles. The first-order valence-electron chi connectivity index (χ1n) is 8.58. The number of rotatable bonds is 6. The summed E-state index contributed by atoms with van der Waals surface area (Å²) in [5.74, 6) is 1.29. The van der Waals surface area contributed by atoms with Crippen molar-refractivity contribution in [3.63, 3.8) is 0 Å². The number of hydrogen-bond donors (Lipinski definition) is 4. The molecular formula is C18H20N4O4. The third-order valence-corrected chi connectivity index (χ3v) is 4.37. The molecule has 1 aliphatic carbocycles. The summed E-state index contributed by atoms with van der Waals surface area (Å²) in [5, 5.41) is 22.3. The quantitative estimate of drug-likeness (QED) is 0.592. The number of aliphatic hydroxyl groups is 1. The van der Waals surface area contributed by atoms with Crippen molar-refractivity contribution in [2.45, 2.75) is 12.8 Å². The Morgan fingerprint density at radius 2 is 2.19 bits per heavy atom. The number of fused-ring (bicyclic) bond motifs is 1. The molecule has 1 fully saturated rings. The van der Waals surface area contributed by atoms with Crippen LogP contribution in [0.1, 0.15) is 28.9 Å². The minimum Gasteiger partial charge on any atom is -0.513 e. The number of para-hydroxylation sites is 1. The third kappa shape index (κ3) is 3.30. The van der Waals surface area contributed by atoms with Gasteiger partial charge in [0.15, 0.2) is 11.5 Å². The monoisotopic (exact) mass is 356 g/mol. The van der Waals surface area contributed by atoms with Crippen molar-refractivity contribution in [2.24, 2.45) is 5.92 Å². The number of hydrogen-bond acceptors (Lipinski definition) is 6. The SMILES string of the molecule is O=C(Nc1cn[nH]c1/C(=C/O)NCC1CC1)c1cccc2c1OCCO2. The fourth-order valence-electron chi connectivity index (χ4n) is 2.80. The zero-order chi connectivity index (χ0) is 17.9. The number of anilines is 1. The number of aromatic nitrogens is 2.